The fraction of sp³-hybridized carbons (Fsp3) is 0.885. The standard InChI is InChI=1S/C26H41NO3/c1-25-10-7-16(3-4-17-9-12-27-14-17)13-21(25)18(15-28)24(30)23-19-5-6-22(29)26(19,2)11-8-20(23)25/h3-4,16-21,23-24,27-28,30H,5-15H2,1-2H3/t16-,17-,18-,19+,20+,21?,23+,24-,25-,26+/m1/s1. The molecule has 1 aliphatic heterocycles. The lowest BCUT2D eigenvalue weighted by Gasteiger charge is -2.63. The highest BCUT2D eigenvalue weighted by Crippen LogP contribution is 2.67. The van der Waals surface area contributed by atoms with Crippen LogP contribution in [-0.4, -0.2) is 41.8 Å². The molecule has 4 nitrogen and oxygen atoms in total. The maximum atomic E-state index is 12.7. The Morgan fingerprint density at radius 1 is 1.03 bits per heavy atom. The Balaban J connectivity index is 1.40. The molecule has 30 heavy (non-hydrogen) atoms. The van der Waals surface area contributed by atoms with Gasteiger partial charge in [0.15, 0.2) is 0 Å². The molecule has 0 spiro atoms. The quantitative estimate of drug-likeness (QED) is 0.617. The van der Waals surface area contributed by atoms with Gasteiger partial charge in [0.1, 0.15) is 5.78 Å². The molecule has 168 valence electrons. The molecule has 1 unspecified atom stereocenters. The van der Waals surface area contributed by atoms with Crippen LogP contribution in [0.3, 0.4) is 0 Å². The number of hydrogen-bond acceptors (Lipinski definition) is 4. The summed E-state index contributed by atoms with van der Waals surface area (Å²) in [6.45, 7) is 6.93. The molecule has 0 aromatic heterocycles. The van der Waals surface area contributed by atoms with E-state index in [-0.39, 0.29) is 29.3 Å². The van der Waals surface area contributed by atoms with Gasteiger partial charge in [-0.25, -0.2) is 0 Å². The van der Waals surface area contributed by atoms with Crippen molar-refractivity contribution in [3.8, 4) is 0 Å². The highest BCUT2D eigenvalue weighted by molar-refractivity contribution is 5.87. The van der Waals surface area contributed by atoms with Gasteiger partial charge >= 0.3 is 0 Å². The average Bonchev–Trinajstić information content (AvgIpc) is 3.36. The molecule has 0 amide bonds. The molecule has 4 heteroatoms. The number of nitrogens with one attached hydrogen (secondary N) is 1. The third kappa shape index (κ3) is 3.08. The van der Waals surface area contributed by atoms with E-state index in [0.29, 0.717) is 41.8 Å². The lowest BCUT2D eigenvalue weighted by Crippen LogP contribution is -2.62. The van der Waals surface area contributed by atoms with Crippen molar-refractivity contribution in [3.05, 3.63) is 12.2 Å². The van der Waals surface area contributed by atoms with E-state index in [1.54, 1.807) is 0 Å². The van der Waals surface area contributed by atoms with Crippen molar-refractivity contribution in [1.29, 1.82) is 0 Å². The van der Waals surface area contributed by atoms with Gasteiger partial charge in [0.2, 0.25) is 0 Å². The van der Waals surface area contributed by atoms with Crippen LogP contribution < -0.4 is 5.32 Å². The second-order valence-electron chi connectivity index (χ2n) is 11.8. The molecule has 5 aliphatic rings. The van der Waals surface area contributed by atoms with E-state index in [2.05, 4.69) is 31.3 Å². The summed E-state index contributed by atoms with van der Waals surface area (Å²) in [6.07, 6.45) is 12.9. The largest absolute Gasteiger partial charge is 0.396 e. The van der Waals surface area contributed by atoms with Gasteiger partial charge in [0.05, 0.1) is 6.10 Å². The third-order valence-corrected chi connectivity index (χ3v) is 10.7. The number of fused-ring (bicyclic) bond motifs is 5. The van der Waals surface area contributed by atoms with E-state index in [1.165, 1.54) is 19.3 Å². The van der Waals surface area contributed by atoms with Gasteiger partial charge in [-0.15, -0.1) is 0 Å². The average molecular weight is 416 g/mol. The molecular weight excluding hydrogens is 374 g/mol. The molecule has 0 aromatic carbocycles. The van der Waals surface area contributed by atoms with E-state index in [9.17, 15) is 15.0 Å². The van der Waals surface area contributed by atoms with Crippen molar-refractivity contribution in [2.24, 2.45) is 52.3 Å². The molecule has 10 atom stereocenters. The molecule has 4 aliphatic carbocycles. The normalized spacial score (nSPS) is 53.5. The molecule has 0 radical (unpaired) electrons. The molecule has 1 heterocycles. The lowest BCUT2D eigenvalue weighted by atomic mass is 9.42. The number of Topliss-reactive ketones (excluding diaryl/α,β-unsaturated/α-hetero) is 1. The number of carbonyl (C=O) groups excluding carboxylic acids is 1. The van der Waals surface area contributed by atoms with E-state index in [1.807, 2.05) is 0 Å². The molecule has 3 N–H and O–H groups in total. The zero-order valence-corrected chi connectivity index (χ0v) is 18.9. The molecule has 0 bridgehead atoms. The van der Waals surface area contributed by atoms with Crippen LogP contribution in [0.5, 0.6) is 0 Å². The van der Waals surface area contributed by atoms with Crippen molar-refractivity contribution in [3.63, 3.8) is 0 Å². The first-order valence-corrected chi connectivity index (χ1v) is 12.6. The predicted octanol–water partition coefficient (Wildman–Crippen LogP) is 3.57. The maximum Gasteiger partial charge on any atom is 0.139 e. The second-order valence-corrected chi connectivity index (χ2v) is 11.8. The Morgan fingerprint density at radius 3 is 2.57 bits per heavy atom. The highest BCUT2D eigenvalue weighted by Gasteiger charge is 2.64. The topological polar surface area (TPSA) is 69.6 Å². The summed E-state index contributed by atoms with van der Waals surface area (Å²) in [4.78, 5) is 12.7. The van der Waals surface area contributed by atoms with Crippen LogP contribution in [0.1, 0.15) is 65.2 Å². The number of aliphatic hydroxyl groups is 2. The summed E-state index contributed by atoms with van der Waals surface area (Å²) in [7, 11) is 0. The van der Waals surface area contributed by atoms with Crippen molar-refractivity contribution in [2.75, 3.05) is 19.7 Å². The van der Waals surface area contributed by atoms with Crippen molar-refractivity contribution < 1.29 is 15.0 Å². The molecule has 1 saturated heterocycles. The van der Waals surface area contributed by atoms with Gasteiger partial charge in [0, 0.05) is 30.9 Å². The molecule has 4 saturated carbocycles. The van der Waals surface area contributed by atoms with Gasteiger partial charge in [-0.05, 0) is 92.4 Å². The van der Waals surface area contributed by atoms with Gasteiger partial charge in [-0.1, -0.05) is 26.0 Å². The van der Waals surface area contributed by atoms with Gasteiger partial charge in [-0.3, -0.25) is 4.79 Å². The fourth-order valence-corrected chi connectivity index (χ4v) is 8.82. The first kappa shape index (κ1) is 21.2. The van der Waals surface area contributed by atoms with Gasteiger partial charge < -0.3 is 15.5 Å². The summed E-state index contributed by atoms with van der Waals surface area (Å²) in [5.41, 5.74) is -0.0515. The Hall–Kier alpha value is -0.710. The van der Waals surface area contributed by atoms with E-state index < -0.39 is 6.10 Å². The van der Waals surface area contributed by atoms with Crippen LogP contribution in [0.2, 0.25) is 0 Å². The van der Waals surface area contributed by atoms with Crippen LogP contribution in [0, 0.1) is 52.3 Å². The number of ketones is 1. The third-order valence-electron chi connectivity index (χ3n) is 10.7. The van der Waals surface area contributed by atoms with Crippen molar-refractivity contribution in [1.82, 2.24) is 5.32 Å². The van der Waals surface area contributed by atoms with Gasteiger partial charge in [-0.2, -0.15) is 0 Å². The minimum Gasteiger partial charge on any atom is -0.396 e. The SMILES string of the molecule is C[C@]12CC[C@@H](C=C[C@@H]3CCNC3)CC1[C@@H](CO)[C@@H](O)[C@@H]1[C@@H]2CC[C@]2(C)C(=O)CC[C@@H]12. The second kappa shape index (κ2) is 7.71. The van der Waals surface area contributed by atoms with Gasteiger partial charge in [0.25, 0.3) is 0 Å². The zero-order valence-electron chi connectivity index (χ0n) is 18.9. The van der Waals surface area contributed by atoms with E-state index in [0.717, 1.165) is 38.8 Å². The zero-order chi connectivity index (χ0) is 21.1. The first-order valence-electron chi connectivity index (χ1n) is 12.6. The molecule has 5 fully saturated rings. The summed E-state index contributed by atoms with van der Waals surface area (Å²) in [5.74, 6) is 2.98. The smallest absolute Gasteiger partial charge is 0.139 e. The maximum absolute atomic E-state index is 12.7. The summed E-state index contributed by atoms with van der Waals surface area (Å²) in [5, 5.41) is 25.4. The molecular formula is C26H41NO3. The summed E-state index contributed by atoms with van der Waals surface area (Å²) >= 11 is 0. The minimum atomic E-state index is -0.463. The monoisotopic (exact) mass is 415 g/mol. The highest BCUT2D eigenvalue weighted by atomic mass is 16.3. The Bertz CT molecular complexity index is 700. The minimum absolute atomic E-state index is 0.0429. The Morgan fingerprint density at radius 2 is 1.83 bits per heavy atom. The number of hydrogen-bond donors (Lipinski definition) is 3. The van der Waals surface area contributed by atoms with Crippen LogP contribution in [0.15, 0.2) is 12.2 Å². The lowest BCUT2D eigenvalue weighted by molar-refractivity contribution is -0.199. The molecule has 0 aromatic rings. The number of aliphatic hydroxyl groups excluding tert-OH is 2. The Labute approximate surface area is 181 Å². The summed E-state index contributed by atoms with van der Waals surface area (Å²) < 4.78 is 0. The van der Waals surface area contributed by atoms with Crippen LogP contribution in [0.25, 0.3) is 0 Å². The number of allylic oxidation sites excluding steroid dienone is 1. The van der Waals surface area contributed by atoms with Crippen LogP contribution in [0.4, 0.5) is 0 Å². The van der Waals surface area contributed by atoms with E-state index >= 15 is 0 Å². The van der Waals surface area contributed by atoms with Crippen molar-refractivity contribution >= 4 is 5.78 Å². The first-order chi connectivity index (χ1) is 14.4. The predicted molar refractivity (Wildman–Crippen MR) is 118 cm³/mol. The fourth-order valence-electron chi connectivity index (χ4n) is 8.82. The van der Waals surface area contributed by atoms with Crippen molar-refractivity contribution in [2.45, 2.75) is 71.3 Å². The van der Waals surface area contributed by atoms with Crippen LogP contribution >= 0.6 is 0 Å². The summed E-state index contributed by atoms with van der Waals surface area (Å²) in [6, 6.07) is 0. The number of carbonyl (C=O) groups is 1. The van der Waals surface area contributed by atoms with Crippen LogP contribution in [-0.2, 0) is 4.79 Å². The Kier molecular flexibility index (Phi) is 5.43. The molecule has 5 rings (SSSR count). The van der Waals surface area contributed by atoms with E-state index in [4.69, 9.17) is 0 Å². The number of rotatable bonds is 3.